The van der Waals surface area contributed by atoms with Crippen LogP contribution in [0.1, 0.15) is 47.6 Å². The number of carbonyl (C=O) groups excluding carboxylic acids is 1. The van der Waals surface area contributed by atoms with E-state index in [1.54, 1.807) is 24.2 Å². The van der Waals surface area contributed by atoms with E-state index in [2.05, 4.69) is 32.9 Å². The maximum absolute atomic E-state index is 14.1. The lowest BCUT2D eigenvalue weighted by atomic mass is 9.75. The summed E-state index contributed by atoms with van der Waals surface area (Å²) in [7, 11) is 1.71. The molecule has 1 amide bonds. The molecule has 0 saturated carbocycles. The number of fused-ring (bicyclic) bond motifs is 1. The van der Waals surface area contributed by atoms with Crippen molar-refractivity contribution in [2.75, 3.05) is 32.1 Å². The second-order valence-electron chi connectivity index (χ2n) is 8.19. The number of rotatable bonds is 5. The number of aromatic amines is 1. The largest absolute Gasteiger partial charge is 0.384 e. The van der Waals surface area contributed by atoms with Crippen LogP contribution in [0, 0.1) is 5.41 Å². The van der Waals surface area contributed by atoms with E-state index in [9.17, 15) is 9.18 Å². The van der Waals surface area contributed by atoms with Crippen molar-refractivity contribution in [3.63, 3.8) is 0 Å². The second kappa shape index (κ2) is 7.63. The summed E-state index contributed by atoms with van der Waals surface area (Å²) in [4.78, 5) is 12.7. The number of H-pyrrole nitrogens is 1. The quantitative estimate of drug-likeness (QED) is 0.724. The van der Waals surface area contributed by atoms with E-state index in [1.807, 2.05) is 0 Å². The SMILES string of the molecule is COC[C@@]1(C)CCc2c(C(=O)Nc3cnn([C@H]4CCNC[C@@H]4F)c3)n[nH]c2C1. The molecule has 1 saturated heterocycles. The molecule has 0 bridgehead atoms. The van der Waals surface area contributed by atoms with Crippen molar-refractivity contribution in [1.82, 2.24) is 25.3 Å². The molecule has 1 aliphatic carbocycles. The third kappa shape index (κ3) is 3.68. The molecule has 1 fully saturated rings. The standard InChI is InChI=1S/C19H27FN6O2/c1-19(11-28-2)5-3-13-15(7-19)24-25-17(13)18(27)23-12-8-22-26(10-12)16-4-6-21-9-14(16)20/h8,10,14,16,21H,3-7,9,11H2,1-2H3,(H,23,27)(H,24,25)/t14-,16-,19-/m0/s1. The molecule has 2 aliphatic rings. The van der Waals surface area contributed by atoms with Gasteiger partial charge in [-0.2, -0.15) is 10.2 Å². The number of aromatic nitrogens is 4. The number of amides is 1. The van der Waals surface area contributed by atoms with E-state index in [0.29, 0.717) is 31.0 Å². The second-order valence-corrected chi connectivity index (χ2v) is 8.19. The van der Waals surface area contributed by atoms with E-state index in [-0.39, 0.29) is 17.4 Å². The predicted molar refractivity (Wildman–Crippen MR) is 102 cm³/mol. The molecule has 0 unspecified atom stereocenters. The molecular formula is C19H27FN6O2. The van der Waals surface area contributed by atoms with Crippen LogP contribution in [-0.4, -0.2) is 58.9 Å². The molecule has 3 heterocycles. The summed E-state index contributed by atoms with van der Waals surface area (Å²) in [6, 6.07) is -0.302. The minimum atomic E-state index is -0.989. The highest BCUT2D eigenvalue weighted by Crippen LogP contribution is 2.36. The lowest BCUT2D eigenvalue weighted by molar-refractivity contribution is 0.0804. The molecule has 3 atom stereocenters. The number of halogens is 1. The fourth-order valence-corrected chi connectivity index (χ4v) is 4.30. The molecule has 152 valence electrons. The van der Waals surface area contributed by atoms with E-state index in [1.165, 1.54) is 0 Å². The van der Waals surface area contributed by atoms with Gasteiger partial charge in [0.15, 0.2) is 5.69 Å². The predicted octanol–water partition coefficient (Wildman–Crippen LogP) is 1.87. The number of methoxy groups -OCH3 is 1. The third-order valence-corrected chi connectivity index (χ3v) is 5.82. The lowest BCUT2D eigenvalue weighted by Crippen LogP contribution is -2.39. The molecule has 9 heteroatoms. The number of alkyl halides is 1. The van der Waals surface area contributed by atoms with Crippen LogP contribution in [0.2, 0.25) is 0 Å². The molecule has 2 aromatic heterocycles. The Morgan fingerprint density at radius 1 is 1.54 bits per heavy atom. The minimum absolute atomic E-state index is 0.0565. The average Bonchev–Trinajstić information content (AvgIpc) is 3.28. The van der Waals surface area contributed by atoms with Gasteiger partial charge in [-0.15, -0.1) is 0 Å². The molecule has 0 radical (unpaired) electrons. The number of ether oxygens (including phenoxy) is 1. The van der Waals surface area contributed by atoms with Gasteiger partial charge in [0, 0.05) is 31.1 Å². The minimum Gasteiger partial charge on any atom is -0.384 e. The third-order valence-electron chi connectivity index (χ3n) is 5.82. The van der Waals surface area contributed by atoms with Gasteiger partial charge >= 0.3 is 0 Å². The zero-order valence-electron chi connectivity index (χ0n) is 16.3. The first-order valence-electron chi connectivity index (χ1n) is 9.74. The zero-order valence-corrected chi connectivity index (χ0v) is 16.3. The normalized spacial score (nSPS) is 27.4. The van der Waals surface area contributed by atoms with Crippen LogP contribution >= 0.6 is 0 Å². The molecule has 4 rings (SSSR count). The molecule has 28 heavy (non-hydrogen) atoms. The maximum atomic E-state index is 14.1. The first-order chi connectivity index (χ1) is 13.5. The van der Waals surface area contributed by atoms with Crippen molar-refractivity contribution in [2.24, 2.45) is 5.41 Å². The Morgan fingerprint density at radius 3 is 3.18 bits per heavy atom. The fraction of sp³-hybridized carbons (Fsp3) is 0.632. The highest BCUT2D eigenvalue weighted by molar-refractivity contribution is 6.03. The van der Waals surface area contributed by atoms with Crippen LogP contribution in [-0.2, 0) is 17.6 Å². The summed E-state index contributed by atoms with van der Waals surface area (Å²) >= 11 is 0. The Bertz CT molecular complexity index is 849. The average molecular weight is 390 g/mol. The summed E-state index contributed by atoms with van der Waals surface area (Å²) in [6.07, 6.45) is 5.46. The molecule has 1 aliphatic heterocycles. The topological polar surface area (TPSA) is 96.9 Å². The Hall–Kier alpha value is -2.26. The fourth-order valence-electron chi connectivity index (χ4n) is 4.30. The van der Waals surface area contributed by atoms with Crippen LogP contribution in [0.5, 0.6) is 0 Å². The van der Waals surface area contributed by atoms with Gasteiger partial charge < -0.3 is 15.4 Å². The van der Waals surface area contributed by atoms with Crippen LogP contribution < -0.4 is 10.6 Å². The van der Waals surface area contributed by atoms with Gasteiger partial charge in [0.05, 0.1) is 24.5 Å². The highest BCUT2D eigenvalue weighted by Gasteiger charge is 2.34. The number of carbonyl (C=O) groups is 1. The van der Waals surface area contributed by atoms with Crippen molar-refractivity contribution in [2.45, 2.75) is 44.8 Å². The maximum Gasteiger partial charge on any atom is 0.276 e. The lowest BCUT2D eigenvalue weighted by Gasteiger charge is -2.32. The number of hydrogen-bond acceptors (Lipinski definition) is 5. The smallest absolute Gasteiger partial charge is 0.276 e. The van der Waals surface area contributed by atoms with E-state index in [4.69, 9.17) is 4.74 Å². The monoisotopic (exact) mass is 390 g/mol. The molecule has 0 spiro atoms. The Labute approximate surface area is 163 Å². The van der Waals surface area contributed by atoms with Crippen molar-refractivity contribution < 1.29 is 13.9 Å². The van der Waals surface area contributed by atoms with Crippen molar-refractivity contribution >= 4 is 11.6 Å². The molecule has 8 nitrogen and oxygen atoms in total. The summed E-state index contributed by atoms with van der Waals surface area (Å²) in [5.41, 5.74) is 3.00. The first kappa shape index (κ1) is 19.1. The number of piperidine rings is 1. The van der Waals surface area contributed by atoms with Gasteiger partial charge in [-0.3, -0.25) is 14.6 Å². The number of hydrogen-bond donors (Lipinski definition) is 3. The van der Waals surface area contributed by atoms with Crippen molar-refractivity contribution in [3.8, 4) is 0 Å². The van der Waals surface area contributed by atoms with Gasteiger partial charge in [0.2, 0.25) is 0 Å². The Kier molecular flexibility index (Phi) is 5.20. The van der Waals surface area contributed by atoms with Crippen LogP contribution in [0.15, 0.2) is 12.4 Å². The molecule has 2 aromatic rings. The Balaban J connectivity index is 1.45. The van der Waals surface area contributed by atoms with Gasteiger partial charge in [-0.1, -0.05) is 6.92 Å². The molecule has 3 N–H and O–H groups in total. The number of anilines is 1. The van der Waals surface area contributed by atoms with Gasteiger partial charge in [0.1, 0.15) is 6.17 Å². The zero-order chi connectivity index (χ0) is 19.7. The van der Waals surface area contributed by atoms with Crippen LogP contribution in [0.3, 0.4) is 0 Å². The van der Waals surface area contributed by atoms with Gasteiger partial charge in [-0.05, 0) is 37.6 Å². The van der Waals surface area contributed by atoms with Crippen molar-refractivity contribution in [1.29, 1.82) is 0 Å². The van der Waals surface area contributed by atoms with Crippen LogP contribution in [0.25, 0.3) is 0 Å². The first-order valence-corrected chi connectivity index (χ1v) is 9.74. The van der Waals surface area contributed by atoms with Gasteiger partial charge in [0.25, 0.3) is 5.91 Å². The summed E-state index contributed by atoms with van der Waals surface area (Å²) in [5.74, 6) is -0.269. The number of nitrogens with one attached hydrogen (secondary N) is 3. The molecular weight excluding hydrogens is 363 g/mol. The van der Waals surface area contributed by atoms with Crippen LogP contribution in [0.4, 0.5) is 10.1 Å². The van der Waals surface area contributed by atoms with E-state index in [0.717, 1.165) is 37.1 Å². The summed E-state index contributed by atoms with van der Waals surface area (Å²) in [6.45, 7) is 3.95. The summed E-state index contributed by atoms with van der Waals surface area (Å²) in [5, 5.41) is 17.4. The van der Waals surface area contributed by atoms with Gasteiger partial charge in [-0.25, -0.2) is 4.39 Å². The van der Waals surface area contributed by atoms with Crippen molar-refractivity contribution in [3.05, 3.63) is 29.3 Å². The van der Waals surface area contributed by atoms with E-state index >= 15 is 0 Å². The van der Waals surface area contributed by atoms with E-state index < -0.39 is 6.17 Å². The highest BCUT2D eigenvalue weighted by atomic mass is 19.1. The molecule has 0 aromatic carbocycles. The Morgan fingerprint density at radius 2 is 2.39 bits per heavy atom. The number of nitrogens with zero attached hydrogens (tertiary/aromatic N) is 3. The summed E-state index contributed by atoms with van der Waals surface area (Å²) < 4.78 is 21.0.